The van der Waals surface area contributed by atoms with Crippen molar-refractivity contribution in [1.82, 2.24) is 4.31 Å². The van der Waals surface area contributed by atoms with Crippen LogP contribution in [-0.2, 0) is 10.0 Å². The zero-order valence-electron chi connectivity index (χ0n) is 9.53. The van der Waals surface area contributed by atoms with Gasteiger partial charge in [0, 0.05) is 19.1 Å². The highest BCUT2D eigenvalue weighted by Crippen LogP contribution is 2.10. The van der Waals surface area contributed by atoms with Crippen LogP contribution in [0.25, 0.3) is 0 Å². The molecule has 0 aliphatic carbocycles. The van der Waals surface area contributed by atoms with Crippen molar-refractivity contribution in [2.45, 2.75) is 33.7 Å². The van der Waals surface area contributed by atoms with Crippen LogP contribution in [0.1, 0.15) is 27.7 Å². The molecule has 0 bridgehead atoms. The predicted molar refractivity (Wildman–Crippen MR) is 59.5 cm³/mol. The van der Waals surface area contributed by atoms with E-state index >= 15 is 0 Å². The van der Waals surface area contributed by atoms with Crippen LogP contribution >= 0.6 is 0 Å². The number of nitrogens with two attached hydrogens (primary N) is 1. The fourth-order valence-corrected chi connectivity index (χ4v) is 2.97. The Morgan fingerprint density at radius 3 is 2.00 bits per heavy atom. The normalized spacial score (nSPS) is 13.1. The van der Waals surface area contributed by atoms with Crippen molar-refractivity contribution in [2.24, 2.45) is 11.7 Å². The van der Waals surface area contributed by atoms with Gasteiger partial charge in [-0.2, -0.15) is 4.31 Å². The van der Waals surface area contributed by atoms with Gasteiger partial charge in [-0.05, 0) is 19.8 Å². The molecule has 86 valence electrons. The van der Waals surface area contributed by atoms with Crippen LogP contribution < -0.4 is 5.73 Å². The quantitative estimate of drug-likeness (QED) is 0.717. The summed E-state index contributed by atoms with van der Waals surface area (Å²) in [6.45, 7) is 8.54. The standard InChI is InChI=1S/C9H22N2O2S/c1-8(2)7-11(9(3)4)14(12,13)6-5-10/h8-9H,5-7,10H2,1-4H3. The van der Waals surface area contributed by atoms with Gasteiger partial charge in [0.1, 0.15) is 0 Å². The van der Waals surface area contributed by atoms with Crippen molar-refractivity contribution in [3.05, 3.63) is 0 Å². The zero-order chi connectivity index (χ0) is 11.4. The monoisotopic (exact) mass is 222 g/mol. The van der Waals surface area contributed by atoms with Gasteiger partial charge < -0.3 is 5.73 Å². The number of sulfonamides is 1. The molecule has 4 nitrogen and oxygen atoms in total. The third kappa shape index (κ3) is 4.39. The van der Waals surface area contributed by atoms with Gasteiger partial charge in [0.05, 0.1) is 5.75 Å². The molecule has 5 heteroatoms. The summed E-state index contributed by atoms with van der Waals surface area (Å²) < 4.78 is 25.0. The summed E-state index contributed by atoms with van der Waals surface area (Å²) in [5.74, 6) is 0.377. The van der Waals surface area contributed by atoms with E-state index in [9.17, 15) is 8.42 Å². The molecule has 0 spiro atoms. The van der Waals surface area contributed by atoms with Crippen molar-refractivity contribution >= 4 is 10.0 Å². The van der Waals surface area contributed by atoms with Crippen molar-refractivity contribution in [2.75, 3.05) is 18.8 Å². The zero-order valence-corrected chi connectivity index (χ0v) is 10.3. The van der Waals surface area contributed by atoms with E-state index in [4.69, 9.17) is 5.73 Å². The molecule has 0 radical (unpaired) electrons. The molecule has 2 N–H and O–H groups in total. The minimum Gasteiger partial charge on any atom is -0.329 e. The molecule has 14 heavy (non-hydrogen) atoms. The second-order valence-corrected chi connectivity index (χ2v) is 6.20. The van der Waals surface area contributed by atoms with Crippen LogP contribution in [0.4, 0.5) is 0 Å². The molecular formula is C9H22N2O2S. The van der Waals surface area contributed by atoms with E-state index in [1.54, 1.807) is 0 Å². The summed E-state index contributed by atoms with van der Waals surface area (Å²) in [6, 6.07) is 0.00829. The Morgan fingerprint density at radius 2 is 1.71 bits per heavy atom. The maximum Gasteiger partial charge on any atom is 0.215 e. The van der Waals surface area contributed by atoms with Crippen molar-refractivity contribution in [3.63, 3.8) is 0 Å². The van der Waals surface area contributed by atoms with Gasteiger partial charge in [-0.1, -0.05) is 13.8 Å². The van der Waals surface area contributed by atoms with Crippen LogP contribution in [0, 0.1) is 5.92 Å². The molecule has 0 saturated heterocycles. The summed E-state index contributed by atoms with van der Waals surface area (Å²) in [6.07, 6.45) is 0. The smallest absolute Gasteiger partial charge is 0.215 e. The number of nitrogens with zero attached hydrogens (tertiary/aromatic N) is 1. The van der Waals surface area contributed by atoms with Gasteiger partial charge in [0.2, 0.25) is 10.0 Å². The molecule has 0 atom stereocenters. The SMILES string of the molecule is CC(C)CN(C(C)C)S(=O)(=O)CCN. The number of hydrogen-bond acceptors (Lipinski definition) is 3. The summed E-state index contributed by atoms with van der Waals surface area (Å²) in [7, 11) is -3.16. The van der Waals surface area contributed by atoms with Crippen molar-refractivity contribution < 1.29 is 8.42 Å². The van der Waals surface area contributed by atoms with E-state index in [0.717, 1.165) is 0 Å². The largest absolute Gasteiger partial charge is 0.329 e. The Kier molecular flexibility index (Phi) is 5.63. The highest BCUT2D eigenvalue weighted by Gasteiger charge is 2.24. The molecule has 0 heterocycles. The molecule has 0 fully saturated rings. The van der Waals surface area contributed by atoms with E-state index in [1.165, 1.54) is 4.31 Å². The molecule has 0 saturated carbocycles. The van der Waals surface area contributed by atoms with Crippen LogP contribution in [0.5, 0.6) is 0 Å². The van der Waals surface area contributed by atoms with Gasteiger partial charge >= 0.3 is 0 Å². The first kappa shape index (κ1) is 13.9. The Hall–Kier alpha value is -0.130. The van der Waals surface area contributed by atoms with Crippen molar-refractivity contribution in [1.29, 1.82) is 0 Å². The van der Waals surface area contributed by atoms with Gasteiger partial charge in [-0.15, -0.1) is 0 Å². The maximum atomic E-state index is 11.8. The Balaban J connectivity index is 4.65. The average molecular weight is 222 g/mol. The molecule has 0 aromatic carbocycles. The molecule has 0 rings (SSSR count). The van der Waals surface area contributed by atoms with Gasteiger partial charge in [0.25, 0.3) is 0 Å². The topological polar surface area (TPSA) is 63.4 Å². The lowest BCUT2D eigenvalue weighted by atomic mass is 10.2. The lowest BCUT2D eigenvalue weighted by Crippen LogP contribution is -2.42. The molecule has 0 unspecified atom stereocenters. The fraction of sp³-hybridized carbons (Fsp3) is 1.00. The summed E-state index contributed by atoms with van der Waals surface area (Å²) in [4.78, 5) is 0. The highest BCUT2D eigenvalue weighted by molar-refractivity contribution is 7.89. The first-order valence-electron chi connectivity index (χ1n) is 5.00. The van der Waals surface area contributed by atoms with E-state index < -0.39 is 10.0 Å². The molecule has 0 amide bonds. The van der Waals surface area contributed by atoms with E-state index in [2.05, 4.69) is 0 Å². The van der Waals surface area contributed by atoms with E-state index in [-0.39, 0.29) is 18.3 Å². The number of rotatable bonds is 6. The summed E-state index contributed by atoms with van der Waals surface area (Å²) in [5, 5.41) is 0. The lowest BCUT2D eigenvalue weighted by molar-refractivity contribution is 0.319. The van der Waals surface area contributed by atoms with Gasteiger partial charge in [-0.3, -0.25) is 0 Å². The fourth-order valence-electron chi connectivity index (χ4n) is 1.27. The highest BCUT2D eigenvalue weighted by atomic mass is 32.2. The third-order valence-corrected chi connectivity index (χ3v) is 3.89. The summed E-state index contributed by atoms with van der Waals surface area (Å²) in [5.41, 5.74) is 5.28. The van der Waals surface area contributed by atoms with E-state index in [0.29, 0.717) is 12.5 Å². The first-order chi connectivity index (χ1) is 6.31. The minimum absolute atomic E-state index is 0.00829. The molecular weight excluding hydrogens is 200 g/mol. The molecule has 0 aromatic rings. The van der Waals surface area contributed by atoms with Crippen LogP contribution in [0.15, 0.2) is 0 Å². The Labute approximate surface area is 87.5 Å². The number of hydrogen-bond donors (Lipinski definition) is 1. The minimum atomic E-state index is -3.16. The third-order valence-electron chi connectivity index (χ3n) is 1.85. The molecule has 0 aliphatic rings. The maximum absolute atomic E-state index is 11.8. The van der Waals surface area contributed by atoms with E-state index in [1.807, 2.05) is 27.7 Å². The Morgan fingerprint density at radius 1 is 1.21 bits per heavy atom. The summed E-state index contributed by atoms with van der Waals surface area (Å²) >= 11 is 0. The van der Waals surface area contributed by atoms with Crippen LogP contribution in [-0.4, -0.2) is 37.6 Å². The van der Waals surface area contributed by atoms with Gasteiger partial charge in [0.15, 0.2) is 0 Å². The Bertz CT molecular complexity index is 248. The second-order valence-electron chi connectivity index (χ2n) is 4.16. The molecule has 0 aromatic heterocycles. The lowest BCUT2D eigenvalue weighted by Gasteiger charge is -2.27. The van der Waals surface area contributed by atoms with Crippen LogP contribution in [0.3, 0.4) is 0 Å². The van der Waals surface area contributed by atoms with Gasteiger partial charge in [-0.25, -0.2) is 8.42 Å². The average Bonchev–Trinajstić information content (AvgIpc) is 1.99. The van der Waals surface area contributed by atoms with Crippen LogP contribution in [0.2, 0.25) is 0 Å². The molecule has 0 aliphatic heterocycles. The second kappa shape index (κ2) is 5.68. The predicted octanol–water partition coefficient (Wildman–Crippen LogP) is 0.641. The van der Waals surface area contributed by atoms with Crippen molar-refractivity contribution in [3.8, 4) is 0 Å². The first-order valence-corrected chi connectivity index (χ1v) is 6.61.